The number of amides is 1. The van der Waals surface area contributed by atoms with Crippen molar-refractivity contribution in [3.8, 4) is 0 Å². The third kappa shape index (κ3) is 5.82. The molecule has 33 heavy (non-hydrogen) atoms. The number of carbonyl (C=O) groups excluding carboxylic acids is 1. The molecule has 2 N–H and O–H groups in total. The molecule has 4 rings (SSSR count). The van der Waals surface area contributed by atoms with Gasteiger partial charge in [-0.15, -0.1) is 10.2 Å². The van der Waals surface area contributed by atoms with E-state index >= 15 is 0 Å². The molecule has 7 heteroatoms. The molecule has 7 nitrogen and oxygen atoms in total. The van der Waals surface area contributed by atoms with E-state index in [1.165, 1.54) is 19.3 Å². The van der Waals surface area contributed by atoms with Crippen LogP contribution in [0.4, 0.5) is 5.69 Å². The highest BCUT2D eigenvalue weighted by Gasteiger charge is 2.39. The number of rotatable bonds is 11. The van der Waals surface area contributed by atoms with Gasteiger partial charge in [-0.2, -0.15) is 0 Å². The van der Waals surface area contributed by atoms with Gasteiger partial charge in [0.25, 0.3) is 0 Å². The Labute approximate surface area is 196 Å². The second-order valence-electron chi connectivity index (χ2n) is 10.3. The van der Waals surface area contributed by atoms with E-state index in [4.69, 9.17) is 4.74 Å². The van der Waals surface area contributed by atoms with Crippen molar-refractivity contribution in [3.05, 3.63) is 41.0 Å². The summed E-state index contributed by atoms with van der Waals surface area (Å²) in [6, 6.07) is 6.37. The SMILES string of the molecule is Cc1ccc(NC(=O)C[C@H](OCCO)c2nnc(C3CC(CC(C)C)C3)n2C2CC2)c(C)c1. The number of aliphatic hydroxyl groups excluding tert-OH is 1. The van der Waals surface area contributed by atoms with Gasteiger partial charge < -0.3 is 19.7 Å². The molecule has 0 aliphatic heterocycles. The van der Waals surface area contributed by atoms with Crippen LogP contribution in [0, 0.1) is 25.7 Å². The number of aryl methyl sites for hydroxylation is 2. The Balaban J connectivity index is 1.50. The number of nitrogens with zero attached hydrogens (tertiary/aromatic N) is 3. The largest absolute Gasteiger partial charge is 0.394 e. The minimum Gasteiger partial charge on any atom is -0.394 e. The van der Waals surface area contributed by atoms with Gasteiger partial charge in [-0.25, -0.2) is 0 Å². The van der Waals surface area contributed by atoms with Crippen LogP contribution in [0.5, 0.6) is 0 Å². The maximum absolute atomic E-state index is 12.9. The van der Waals surface area contributed by atoms with Crippen LogP contribution in [0.3, 0.4) is 0 Å². The highest BCUT2D eigenvalue weighted by atomic mass is 16.5. The monoisotopic (exact) mass is 454 g/mol. The van der Waals surface area contributed by atoms with Crippen molar-refractivity contribution in [1.82, 2.24) is 14.8 Å². The van der Waals surface area contributed by atoms with E-state index in [1.54, 1.807) is 0 Å². The van der Waals surface area contributed by atoms with Crippen molar-refractivity contribution in [2.45, 2.75) is 84.3 Å². The predicted molar refractivity (Wildman–Crippen MR) is 128 cm³/mol. The van der Waals surface area contributed by atoms with Gasteiger partial charge in [0.1, 0.15) is 11.9 Å². The first-order valence-corrected chi connectivity index (χ1v) is 12.4. The quantitative estimate of drug-likeness (QED) is 0.507. The number of hydrogen-bond donors (Lipinski definition) is 2. The topological polar surface area (TPSA) is 89.3 Å². The summed E-state index contributed by atoms with van der Waals surface area (Å²) < 4.78 is 8.19. The lowest BCUT2D eigenvalue weighted by molar-refractivity contribution is -0.119. The van der Waals surface area contributed by atoms with Gasteiger partial charge in [0.05, 0.1) is 19.6 Å². The number of ether oxygens (including phenoxy) is 1. The molecule has 0 bridgehead atoms. The lowest BCUT2D eigenvalue weighted by Gasteiger charge is -2.36. The highest BCUT2D eigenvalue weighted by molar-refractivity contribution is 5.91. The number of nitrogens with one attached hydrogen (secondary N) is 1. The van der Waals surface area contributed by atoms with E-state index < -0.39 is 6.10 Å². The first kappa shape index (κ1) is 23.9. The zero-order valence-corrected chi connectivity index (χ0v) is 20.4. The number of carbonyl (C=O) groups is 1. The minimum atomic E-state index is -0.531. The summed E-state index contributed by atoms with van der Waals surface area (Å²) in [7, 11) is 0. The molecule has 180 valence electrons. The van der Waals surface area contributed by atoms with Crippen molar-refractivity contribution in [1.29, 1.82) is 0 Å². The van der Waals surface area contributed by atoms with E-state index in [1.807, 2.05) is 26.0 Å². The van der Waals surface area contributed by atoms with Crippen LogP contribution in [0.15, 0.2) is 18.2 Å². The number of hydrogen-bond acceptors (Lipinski definition) is 5. The Morgan fingerprint density at radius 2 is 2.00 bits per heavy atom. The van der Waals surface area contributed by atoms with E-state index in [0.717, 1.165) is 53.1 Å². The van der Waals surface area contributed by atoms with E-state index in [9.17, 15) is 9.90 Å². The molecule has 2 saturated carbocycles. The molecular formula is C26H38N4O3. The summed E-state index contributed by atoms with van der Waals surface area (Å²) in [5, 5.41) is 21.5. The van der Waals surface area contributed by atoms with Crippen molar-refractivity contribution in [2.75, 3.05) is 18.5 Å². The molecule has 2 aliphatic rings. The molecule has 1 aromatic heterocycles. The average molecular weight is 455 g/mol. The molecule has 1 aromatic carbocycles. The first-order valence-electron chi connectivity index (χ1n) is 12.4. The fourth-order valence-electron chi connectivity index (χ4n) is 5.07. The molecule has 2 aliphatic carbocycles. The Morgan fingerprint density at radius 3 is 2.64 bits per heavy atom. The van der Waals surface area contributed by atoms with E-state index in [-0.39, 0.29) is 25.5 Å². The Bertz CT molecular complexity index is 960. The van der Waals surface area contributed by atoms with Gasteiger partial charge >= 0.3 is 0 Å². The van der Waals surface area contributed by atoms with Crippen molar-refractivity contribution >= 4 is 11.6 Å². The van der Waals surface area contributed by atoms with Gasteiger partial charge in [-0.3, -0.25) is 4.79 Å². The third-order valence-electron chi connectivity index (χ3n) is 6.79. The van der Waals surface area contributed by atoms with Gasteiger partial charge in [0.15, 0.2) is 5.82 Å². The van der Waals surface area contributed by atoms with Crippen molar-refractivity contribution < 1.29 is 14.6 Å². The number of aromatic nitrogens is 3. The first-order chi connectivity index (χ1) is 15.9. The lowest BCUT2D eigenvalue weighted by Crippen LogP contribution is -2.27. The zero-order valence-electron chi connectivity index (χ0n) is 20.4. The van der Waals surface area contributed by atoms with Gasteiger partial charge in [0, 0.05) is 17.6 Å². The molecule has 2 aromatic rings. The summed E-state index contributed by atoms with van der Waals surface area (Å²) in [5.41, 5.74) is 2.99. The highest BCUT2D eigenvalue weighted by Crippen LogP contribution is 2.47. The standard InChI is InChI=1S/C26H38N4O3/c1-16(2)11-19-13-20(14-19)25-28-29-26(30(25)21-6-7-21)23(33-10-9-31)15-24(32)27-22-8-5-17(3)12-18(22)4/h5,8,12,16,19-21,23,31H,6-7,9-11,13-15H2,1-4H3,(H,27,32)/t19?,20?,23-/m0/s1. The summed E-state index contributed by atoms with van der Waals surface area (Å²) in [6.07, 6.45) is 5.43. The Morgan fingerprint density at radius 1 is 1.24 bits per heavy atom. The molecule has 0 saturated heterocycles. The van der Waals surface area contributed by atoms with Crippen LogP contribution in [-0.2, 0) is 9.53 Å². The van der Waals surface area contributed by atoms with Crippen LogP contribution < -0.4 is 5.32 Å². The number of benzene rings is 1. The van der Waals surface area contributed by atoms with Crippen LogP contribution in [0.25, 0.3) is 0 Å². The van der Waals surface area contributed by atoms with Crippen molar-refractivity contribution in [2.24, 2.45) is 11.8 Å². The van der Waals surface area contributed by atoms with Gasteiger partial charge in [-0.05, 0) is 69.4 Å². The lowest BCUT2D eigenvalue weighted by atomic mass is 9.71. The molecule has 0 spiro atoms. The summed E-state index contributed by atoms with van der Waals surface area (Å²) in [5.74, 6) is 3.59. The molecule has 1 amide bonds. The minimum absolute atomic E-state index is 0.0981. The second-order valence-corrected chi connectivity index (χ2v) is 10.3. The average Bonchev–Trinajstić information content (AvgIpc) is 3.48. The number of anilines is 1. The summed E-state index contributed by atoms with van der Waals surface area (Å²) in [6.45, 7) is 8.65. The number of aliphatic hydroxyl groups is 1. The fourth-order valence-corrected chi connectivity index (χ4v) is 5.07. The van der Waals surface area contributed by atoms with Crippen LogP contribution >= 0.6 is 0 Å². The maximum Gasteiger partial charge on any atom is 0.227 e. The normalized spacial score (nSPS) is 21.2. The van der Waals surface area contributed by atoms with Crippen molar-refractivity contribution in [3.63, 3.8) is 0 Å². The van der Waals surface area contributed by atoms with Gasteiger partial charge in [-0.1, -0.05) is 31.5 Å². The predicted octanol–water partition coefficient (Wildman–Crippen LogP) is 4.85. The molecular weight excluding hydrogens is 416 g/mol. The molecule has 1 atom stereocenters. The van der Waals surface area contributed by atoms with Crippen LogP contribution in [0.1, 0.15) is 93.2 Å². The fraction of sp³-hybridized carbons (Fsp3) is 0.654. The van der Waals surface area contributed by atoms with Crippen LogP contribution in [0.2, 0.25) is 0 Å². The Hall–Kier alpha value is -2.25. The second kappa shape index (κ2) is 10.3. The molecule has 0 unspecified atom stereocenters. The molecule has 0 radical (unpaired) electrons. The van der Waals surface area contributed by atoms with E-state index in [2.05, 4.69) is 40.0 Å². The van der Waals surface area contributed by atoms with E-state index in [0.29, 0.717) is 12.0 Å². The van der Waals surface area contributed by atoms with Gasteiger partial charge in [0.2, 0.25) is 5.91 Å². The maximum atomic E-state index is 12.9. The smallest absolute Gasteiger partial charge is 0.227 e. The molecule has 1 heterocycles. The zero-order chi connectivity index (χ0) is 23.5. The summed E-state index contributed by atoms with van der Waals surface area (Å²) >= 11 is 0. The Kier molecular flexibility index (Phi) is 7.49. The molecule has 2 fully saturated rings. The summed E-state index contributed by atoms with van der Waals surface area (Å²) in [4.78, 5) is 12.9. The van der Waals surface area contributed by atoms with Crippen LogP contribution in [-0.4, -0.2) is 39.0 Å². The third-order valence-corrected chi connectivity index (χ3v) is 6.79.